The molecule has 1 aromatic carbocycles. The second-order valence-corrected chi connectivity index (χ2v) is 4.33. The van der Waals surface area contributed by atoms with Gasteiger partial charge >= 0.3 is 5.97 Å². The van der Waals surface area contributed by atoms with Gasteiger partial charge in [-0.25, -0.2) is 0 Å². The molecule has 0 amide bonds. The van der Waals surface area contributed by atoms with E-state index in [1.165, 1.54) is 0 Å². The Bertz CT molecular complexity index is 369. The summed E-state index contributed by atoms with van der Waals surface area (Å²) in [5.74, 6) is -0.683. The van der Waals surface area contributed by atoms with E-state index in [0.717, 1.165) is 18.4 Å². The van der Waals surface area contributed by atoms with Crippen LogP contribution in [0.2, 0.25) is 5.02 Å². The molecule has 1 saturated carbocycles. The molecule has 1 aromatic rings. The molecule has 3 heteroatoms. The maximum absolute atomic E-state index is 10.9. The number of carbonyl (C=O) groups is 1. The fourth-order valence-corrected chi connectivity index (χ4v) is 1.87. The molecule has 0 saturated heterocycles. The lowest BCUT2D eigenvalue weighted by Crippen LogP contribution is -2.17. The molecule has 2 nitrogen and oxygen atoms in total. The number of carboxylic acid groups (broad SMARTS) is 1. The van der Waals surface area contributed by atoms with Crippen molar-refractivity contribution in [3.8, 4) is 0 Å². The van der Waals surface area contributed by atoms with Gasteiger partial charge in [-0.1, -0.05) is 23.7 Å². The van der Waals surface area contributed by atoms with Crippen LogP contribution in [0.3, 0.4) is 0 Å². The summed E-state index contributed by atoms with van der Waals surface area (Å²) in [7, 11) is 0. The summed E-state index contributed by atoms with van der Waals surface area (Å²) in [4.78, 5) is 10.9. The predicted octanol–water partition coefficient (Wildman–Crippen LogP) is 2.75. The normalized spacial score (nSPS) is 17.8. The molecule has 1 fully saturated rings. The monoisotopic (exact) mass is 210 g/mol. The summed E-state index contributed by atoms with van der Waals surface area (Å²) in [5, 5.41) is 9.67. The molecule has 0 unspecified atom stereocenters. The molecule has 1 N–H and O–H groups in total. The molecular weight excluding hydrogens is 200 g/mol. The molecule has 0 atom stereocenters. The van der Waals surface area contributed by atoms with E-state index in [1.807, 2.05) is 18.2 Å². The fraction of sp³-hybridized carbons (Fsp3) is 0.364. The van der Waals surface area contributed by atoms with Crippen LogP contribution < -0.4 is 0 Å². The van der Waals surface area contributed by atoms with Crippen LogP contribution >= 0.6 is 11.6 Å². The van der Waals surface area contributed by atoms with Gasteiger partial charge in [0.15, 0.2) is 0 Å². The van der Waals surface area contributed by atoms with E-state index in [-0.39, 0.29) is 0 Å². The van der Waals surface area contributed by atoms with Gasteiger partial charge in [0.05, 0.1) is 5.41 Å². The third kappa shape index (κ3) is 1.75. The van der Waals surface area contributed by atoms with Crippen molar-refractivity contribution in [2.24, 2.45) is 5.41 Å². The van der Waals surface area contributed by atoms with Crippen molar-refractivity contribution in [2.75, 3.05) is 0 Å². The van der Waals surface area contributed by atoms with Crippen LogP contribution in [0.1, 0.15) is 18.4 Å². The zero-order valence-corrected chi connectivity index (χ0v) is 8.42. The molecular formula is C11H11ClO2. The summed E-state index contributed by atoms with van der Waals surface area (Å²) in [6, 6.07) is 7.42. The summed E-state index contributed by atoms with van der Waals surface area (Å²) in [5.41, 5.74) is 0.516. The molecule has 0 aliphatic heterocycles. The average molecular weight is 211 g/mol. The molecule has 0 spiro atoms. The van der Waals surface area contributed by atoms with E-state index in [0.29, 0.717) is 11.4 Å². The Labute approximate surface area is 87.5 Å². The molecule has 2 rings (SSSR count). The highest BCUT2D eigenvalue weighted by Gasteiger charge is 2.49. The van der Waals surface area contributed by atoms with Gasteiger partial charge in [-0.2, -0.15) is 0 Å². The molecule has 0 bridgehead atoms. The van der Waals surface area contributed by atoms with Gasteiger partial charge in [0.1, 0.15) is 0 Å². The van der Waals surface area contributed by atoms with Gasteiger partial charge < -0.3 is 5.11 Å². The van der Waals surface area contributed by atoms with Crippen LogP contribution in [0.4, 0.5) is 0 Å². The van der Waals surface area contributed by atoms with Crippen LogP contribution in [0, 0.1) is 5.41 Å². The third-order valence-corrected chi connectivity index (χ3v) is 2.97. The largest absolute Gasteiger partial charge is 0.481 e. The number of carboxylic acids is 1. The van der Waals surface area contributed by atoms with E-state index < -0.39 is 11.4 Å². The van der Waals surface area contributed by atoms with Crippen LogP contribution in [-0.4, -0.2) is 11.1 Å². The first-order chi connectivity index (χ1) is 6.62. The van der Waals surface area contributed by atoms with Gasteiger partial charge in [-0.3, -0.25) is 4.79 Å². The van der Waals surface area contributed by atoms with Crippen molar-refractivity contribution in [2.45, 2.75) is 19.3 Å². The molecule has 1 aliphatic carbocycles. The minimum atomic E-state index is -0.683. The third-order valence-electron chi connectivity index (χ3n) is 2.74. The Morgan fingerprint density at radius 1 is 1.50 bits per heavy atom. The maximum atomic E-state index is 10.9. The highest BCUT2D eigenvalue weighted by Crippen LogP contribution is 2.48. The lowest BCUT2D eigenvalue weighted by molar-refractivity contribution is -0.143. The Kier molecular flexibility index (Phi) is 2.23. The number of aliphatic carboxylic acids is 1. The first-order valence-corrected chi connectivity index (χ1v) is 4.98. The first-order valence-electron chi connectivity index (χ1n) is 4.60. The van der Waals surface area contributed by atoms with Crippen molar-refractivity contribution >= 4 is 17.6 Å². The number of hydrogen-bond donors (Lipinski definition) is 1. The van der Waals surface area contributed by atoms with Gasteiger partial charge in [-0.15, -0.1) is 0 Å². The van der Waals surface area contributed by atoms with Crippen LogP contribution in [0.15, 0.2) is 24.3 Å². The number of hydrogen-bond acceptors (Lipinski definition) is 1. The Morgan fingerprint density at radius 3 is 2.71 bits per heavy atom. The molecule has 1 aliphatic rings. The van der Waals surface area contributed by atoms with Crippen LogP contribution in [0.5, 0.6) is 0 Å². The minimum absolute atomic E-state index is 0.495. The van der Waals surface area contributed by atoms with Crippen molar-refractivity contribution in [3.05, 3.63) is 34.9 Å². The Morgan fingerprint density at radius 2 is 2.21 bits per heavy atom. The zero-order valence-electron chi connectivity index (χ0n) is 7.66. The highest BCUT2D eigenvalue weighted by atomic mass is 35.5. The van der Waals surface area contributed by atoms with Crippen molar-refractivity contribution in [1.29, 1.82) is 0 Å². The topological polar surface area (TPSA) is 37.3 Å². The molecule has 14 heavy (non-hydrogen) atoms. The standard InChI is InChI=1S/C11H11ClO2/c12-9-3-1-2-8(6-9)7-11(4-5-11)10(13)14/h1-3,6H,4-5,7H2,(H,13,14). The van der Waals surface area contributed by atoms with Crippen molar-refractivity contribution < 1.29 is 9.90 Å². The Balaban J connectivity index is 2.15. The van der Waals surface area contributed by atoms with Crippen molar-refractivity contribution in [3.63, 3.8) is 0 Å². The van der Waals surface area contributed by atoms with Crippen LogP contribution in [0.25, 0.3) is 0 Å². The summed E-state index contributed by atoms with van der Waals surface area (Å²) in [6.45, 7) is 0. The second-order valence-electron chi connectivity index (χ2n) is 3.89. The number of halogens is 1. The lowest BCUT2D eigenvalue weighted by Gasteiger charge is -2.09. The van der Waals surface area contributed by atoms with Gasteiger partial charge in [0, 0.05) is 5.02 Å². The minimum Gasteiger partial charge on any atom is -0.481 e. The van der Waals surface area contributed by atoms with Gasteiger partial charge in [0.25, 0.3) is 0 Å². The predicted molar refractivity (Wildman–Crippen MR) is 54.5 cm³/mol. The van der Waals surface area contributed by atoms with E-state index in [1.54, 1.807) is 6.07 Å². The van der Waals surface area contributed by atoms with Crippen molar-refractivity contribution in [1.82, 2.24) is 0 Å². The van der Waals surface area contributed by atoms with Gasteiger partial charge in [-0.05, 0) is 37.0 Å². The maximum Gasteiger partial charge on any atom is 0.309 e. The quantitative estimate of drug-likeness (QED) is 0.833. The van der Waals surface area contributed by atoms with E-state index >= 15 is 0 Å². The van der Waals surface area contributed by atoms with Crippen LogP contribution in [-0.2, 0) is 11.2 Å². The summed E-state index contributed by atoms with van der Waals surface area (Å²) in [6.07, 6.45) is 2.17. The van der Waals surface area contributed by atoms with E-state index in [2.05, 4.69) is 0 Å². The fourth-order valence-electron chi connectivity index (χ4n) is 1.65. The number of rotatable bonds is 3. The summed E-state index contributed by atoms with van der Waals surface area (Å²) < 4.78 is 0. The van der Waals surface area contributed by atoms with Gasteiger partial charge in [0.2, 0.25) is 0 Å². The summed E-state index contributed by atoms with van der Waals surface area (Å²) >= 11 is 5.83. The van der Waals surface area contributed by atoms with E-state index in [4.69, 9.17) is 16.7 Å². The lowest BCUT2D eigenvalue weighted by atomic mass is 9.97. The highest BCUT2D eigenvalue weighted by molar-refractivity contribution is 6.30. The molecule has 74 valence electrons. The van der Waals surface area contributed by atoms with E-state index in [9.17, 15) is 4.79 Å². The number of benzene rings is 1. The smallest absolute Gasteiger partial charge is 0.309 e. The molecule has 0 heterocycles. The second kappa shape index (κ2) is 3.28. The zero-order chi connectivity index (χ0) is 10.2. The Hall–Kier alpha value is -1.02. The SMILES string of the molecule is O=C(O)C1(Cc2cccc(Cl)c2)CC1. The first kappa shape index (κ1) is 9.53. The molecule has 0 aromatic heterocycles. The average Bonchev–Trinajstić information content (AvgIpc) is 2.85. The molecule has 0 radical (unpaired) electrons.